The molecule has 6 heteroatoms. The van der Waals surface area contributed by atoms with Gasteiger partial charge in [0.25, 0.3) is 0 Å². The van der Waals surface area contributed by atoms with Gasteiger partial charge in [-0.3, -0.25) is 9.59 Å². The predicted molar refractivity (Wildman–Crippen MR) is 78.9 cm³/mol. The standard InChI is InChI=1S/C17H15NO5/c19-8-9-7-13(18-6-5-12(20)14(9)18)17(23)15(21)10-3-1-2-4-11(10)16(17)22/h1-4,7,12,19-20,23H,5-6,8H2. The Kier molecular flexibility index (Phi) is 2.87. The first-order chi connectivity index (χ1) is 11.0. The number of fused-ring (bicyclic) bond motifs is 2. The molecule has 0 radical (unpaired) electrons. The van der Waals surface area contributed by atoms with E-state index in [0.717, 1.165) is 0 Å². The molecule has 2 aliphatic rings. The Morgan fingerprint density at radius 2 is 1.78 bits per heavy atom. The van der Waals surface area contributed by atoms with Crippen LogP contribution in [0.2, 0.25) is 0 Å². The average molecular weight is 313 g/mol. The SMILES string of the molecule is O=C1c2ccccc2C(=O)C1(O)c1cc(CO)c2n1CCC2O. The summed E-state index contributed by atoms with van der Waals surface area (Å²) in [4.78, 5) is 25.4. The van der Waals surface area contributed by atoms with Crippen molar-refractivity contribution in [2.24, 2.45) is 0 Å². The minimum absolute atomic E-state index is 0.124. The second-order valence-electron chi connectivity index (χ2n) is 5.97. The lowest BCUT2D eigenvalue weighted by Gasteiger charge is -2.21. The van der Waals surface area contributed by atoms with Crippen LogP contribution >= 0.6 is 0 Å². The predicted octanol–water partition coefficient (Wildman–Crippen LogP) is 0.684. The smallest absolute Gasteiger partial charge is 0.231 e. The van der Waals surface area contributed by atoms with Crippen molar-refractivity contribution in [2.45, 2.75) is 31.3 Å². The van der Waals surface area contributed by atoms with E-state index >= 15 is 0 Å². The van der Waals surface area contributed by atoms with E-state index < -0.39 is 23.3 Å². The first-order valence-corrected chi connectivity index (χ1v) is 7.42. The number of benzene rings is 1. The van der Waals surface area contributed by atoms with Gasteiger partial charge >= 0.3 is 0 Å². The molecule has 1 unspecified atom stereocenters. The van der Waals surface area contributed by atoms with Gasteiger partial charge in [0.1, 0.15) is 0 Å². The number of rotatable bonds is 2. The molecule has 118 valence electrons. The molecule has 1 aliphatic carbocycles. The Morgan fingerprint density at radius 3 is 2.35 bits per heavy atom. The minimum Gasteiger partial charge on any atom is -0.392 e. The van der Waals surface area contributed by atoms with Gasteiger partial charge in [0.15, 0.2) is 0 Å². The second kappa shape index (κ2) is 4.61. The van der Waals surface area contributed by atoms with E-state index in [0.29, 0.717) is 24.2 Å². The van der Waals surface area contributed by atoms with Crippen molar-refractivity contribution < 1.29 is 24.9 Å². The molecular formula is C17H15NO5. The van der Waals surface area contributed by atoms with Crippen molar-refractivity contribution in [3.63, 3.8) is 0 Å². The van der Waals surface area contributed by atoms with Crippen LogP contribution in [0.15, 0.2) is 30.3 Å². The van der Waals surface area contributed by atoms with Crippen molar-refractivity contribution in [3.8, 4) is 0 Å². The third-order valence-corrected chi connectivity index (χ3v) is 4.78. The molecule has 1 aromatic heterocycles. The zero-order valence-electron chi connectivity index (χ0n) is 12.2. The molecule has 0 spiro atoms. The third-order valence-electron chi connectivity index (χ3n) is 4.78. The monoisotopic (exact) mass is 313 g/mol. The van der Waals surface area contributed by atoms with Crippen LogP contribution in [-0.4, -0.2) is 31.5 Å². The highest BCUT2D eigenvalue weighted by Crippen LogP contribution is 2.42. The maximum Gasteiger partial charge on any atom is 0.231 e. The molecule has 0 amide bonds. The highest BCUT2D eigenvalue weighted by atomic mass is 16.3. The summed E-state index contributed by atoms with van der Waals surface area (Å²) in [5, 5.41) is 30.5. The van der Waals surface area contributed by atoms with Crippen molar-refractivity contribution in [3.05, 3.63) is 58.4 Å². The average Bonchev–Trinajstić information content (AvgIpc) is 3.18. The van der Waals surface area contributed by atoms with Crippen molar-refractivity contribution >= 4 is 11.6 Å². The number of nitrogens with zero attached hydrogens (tertiary/aromatic N) is 1. The summed E-state index contributed by atoms with van der Waals surface area (Å²) in [6.45, 7) is 0.0445. The number of aromatic nitrogens is 1. The van der Waals surface area contributed by atoms with Crippen LogP contribution in [0.5, 0.6) is 0 Å². The number of hydrogen-bond acceptors (Lipinski definition) is 5. The Balaban J connectivity index is 1.95. The van der Waals surface area contributed by atoms with E-state index in [-0.39, 0.29) is 23.4 Å². The number of carbonyl (C=O) groups excluding carboxylic acids is 2. The van der Waals surface area contributed by atoms with Gasteiger partial charge in [0.2, 0.25) is 17.2 Å². The number of carbonyl (C=O) groups is 2. The zero-order valence-corrected chi connectivity index (χ0v) is 12.2. The lowest BCUT2D eigenvalue weighted by molar-refractivity contribution is 0.0294. The van der Waals surface area contributed by atoms with E-state index in [9.17, 15) is 24.9 Å². The molecule has 0 saturated heterocycles. The fourth-order valence-corrected chi connectivity index (χ4v) is 3.67. The van der Waals surface area contributed by atoms with Gasteiger partial charge in [-0.1, -0.05) is 24.3 Å². The Morgan fingerprint density at radius 1 is 1.17 bits per heavy atom. The summed E-state index contributed by atoms with van der Waals surface area (Å²) in [6, 6.07) is 7.76. The largest absolute Gasteiger partial charge is 0.392 e. The maximum absolute atomic E-state index is 12.7. The summed E-state index contributed by atoms with van der Waals surface area (Å²) in [7, 11) is 0. The Bertz CT molecular complexity index is 816. The van der Waals surface area contributed by atoms with Gasteiger partial charge in [0.05, 0.1) is 24.1 Å². The van der Waals surface area contributed by atoms with E-state index in [1.807, 2.05) is 0 Å². The minimum atomic E-state index is -2.30. The molecule has 0 saturated carbocycles. The lowest BCUT2D eigenvalue weighted by atomic mass is 9.93. The Hall–Kier alpha value is -2.28. The first kappa shape index (κ1) is 14.3. The van der Waals surface area contributed by atoms with Gasteiger partial charge < -0.3 is 19.9 Å². The van der Waals surface area contributed by atoms with Gasteiger partial charge in [-0.2, -0.15) is 0 Å². The van der Waals surface area contributed by atoms with Crippen LogP contribution in [0.1, 0.15) is 50.2 Å². The fraction of sp³-hybridized carbons (Fsp3) is 0.294. The molecule has 23 heavy (non-hydrogen) atoms. The van der Waals surface area contributed by atoms with Crippen LogP contribution in [0.4, 0.5) is 0 Å². The molecule has 0 bridgehead atoms. The maximum atomic E-state index is 12.7. The van der Waals surface area contributed by atoms with Crippen LogP contribution in [-0.2, 0) is 18.8 Å². The highest BCUT2D eigenvalue weighted by Gasteiger charge is 2.55. The number of aliphatic hydroxyl groups excluding tert-OH is 2. The fourth-order valence-electron chi connectivity index (χ4n) is 3.67. The summed E-state index contributed by atoms with van der Waals surface area (Å²) < 4.78 is 1.58. The molecule has 1 atom stereocenters. The Labute approximate surface area is 131 Å². The third kappa shape index (κ3) is 1.63. The van der Waals surface area contributed by atoms with E-state index in [4.69, 9.17) is 0 Å². The summed E-state index contributed by atoms with van der Waals surface area (Å²) in [5.74, 6) is -1.33. The van der Waals surface area contributed by atoms with Gasteiger partial charge in [0, 0.05) is 23.2 Å². The summed E-state index contributed by atoms with van der Waals surface area (Å²) >= 11 is 0. The number of hydrogen-bond donors (Lipinski definition) is 3. The molecule has 4 rings (SSSR count). The molecule has 0 fully saturated rings. The summed E-state index contributed by atoms with van der Waals surface area (Å²) in [5.41, 5.74) is -0.892. The molecule has 2 heterocycles. The highest BCUT2D eigenvalue weighted by molar-refractivity contribution is 6.31. The molecule has 1 aromatic carbocycles. The topological polar surface area (TPSA) is 99.8 Å². The van der Waals surface area contributed by atoms with Crippen LogP contribution in [0.3, 0.4) is 0 Å². The second-order valence-corrected chi connectivity index (χ2v) is 5.97. The van der Waals surface area contributed by atoms with Crippen molar-refractivity contribution in [2.75, 3.05) is 0 Å². The number of ketones is 2. The van der Waals surface area contributed by atoms with Crippen molar-refractivity contribution in [1.29, 1.82) is 0 Å². The normalized spacial score (nSPS) is 21.6. The molecule has 1 aliphatic heterocycles. The van der Waals surface area contributed by atoms with E-state index in [1.165, 1.54) is 18.2 Å². The molecular weight excluding hydrogens is 298 g/mol. The van der Waals surface area contributed by atoms with Crippen LogP contribution in [0, 0.1) is 0 Å². The van der Waals surface area contributed by atoms with E-state index in [2.05, 4.69) is 0 Å². The molecule has 3 N–H and O–H groups in total. The quantitative estimate of drug-likeness (QED) is 0.708. The number of aliphatic hydroxyl groups is 3. The first-order valence-electron chi connectivity index (χ1n) is 7.42. The van der Waals surface area contributed by atoms with Gasteiger partial charge in [-0.05, 0) is 12.5 Å². The molecule has 6 nitrogen and oxygen atoms in total. The molecule has 2 aromatic rings. The zero-order chi connectivity index (χ0) is 16.4. The van der Waals surface area contributed by atoms with Gasteiger partial charge in [-0.15, -0.1) is 0 Å². The summed E-state index contributed by atoms with van der Waals surface area (Å²) in [6.07, 6.45) is -0.356. The number of Topliss-reactive ketones (excluding diaryl/α,β-unsaturated/α-hetero) is 2. The van der Waals surface area contributed by atoms with Gasteiger partial charge in [-0.25, -0.2) is 0 Å². The van der Waals surface area contributed by atoms with E-state index in [1.54, 1.807) is 16.7 Å². The van der Waals surface area contributed by atoms with Crippen LogP contribution in [0.25, 0.3) is 0 Å². The van der Waals surface area contributed by atoms with Crippen LogP contribution < -0.4 is 0 Å². The lowest BCUT2D eigenvalue weighted by Crippen LogP contribution is -2.40. The van der Waals surface area contributed by atoms with Crippen molar-refractivity contribution in [1.82, 2.24) is 4.57 Å².